The molecule has 0 saturated heterocycles. The number of nitrogens with one attached hydrogen (secondary N) is 1. The third-order valence-electron chi connectivity index (χ3n) is 3.53. The molecular formula is C17H18N2O4. The van der Waals surface area contributed by atoms with Crippen molar-refractivity contribution in [1.82, 2.24) is 10.3 Å². The molecule has 1 aromatic heterocycles. The molecule has 23 heavy (non-hydrogen) atoms. The predicted octanol–water partition coefficient (Wildman–Crippen LogP) is 1.97. The number of aryl methyl sites for hydroxylation is 1. The Kier molecular flexibility index (Phi) is 4.32. The van der Waals surface area contributed by atoms with E-state index in [9.17, 15) is 4.79 Å². The quantitative estimate of drug-likeness (QED) is 0.934. The van der Waals surface area contributed by atoms with E-state index in [4.69, 9.17) is 14.2 Å². The molecule has 1 unspecified atom stereocenters. The number of carbonyl (C=O) groups excluding carboxylic acids is 1. The molecule has 0 saturated carbocycles. The van der Waals surface area contributed by atoms with Crippen LogP contribution in [0.15, 0.2) is 36.5 Å². The van der Waals surface area contributed by atoms with Crippen molar-refractivity contribution in [3.8, 4) is 17.2 Å². The van der Waals surface area contributed by atoms with E-state index in [1.54, 1.807) is 12.3 Å². The number of nitrogens with zero attached hydrogens (tertiary/aromatic N) is 1. The van der Waals surface area contributed by atoms with Crippen molar-refractivity contribution in [3.63, 3.8) is 0 Å². The molecule has 6 heteroatoms. The van der Waals surface area contributed by atoms with Crippen molar-refractivity contribution in [3.05, 3.63) is 47.8 Å². The van der Waals surface area contributed by atoms with Crippen molar-refractivity contribution in [2.24, 2.45) is 0 Å². The van der Waals surface area contributed by atoms with Gasteiger partial charge < -0.3 is 19.5 Å². The summed E-state index contributed by atoms with van der Waals surface area (Å²) in [6.07, 6.45) is 1.31. The first-order valence-electron chi connectivity index (χ1n) is 7.34. The summed E-state index contributed by atoms with van der Waals surface area (Å²) in [7, 11) is 1.51. The zero-order chi connectivity index (χ0) is 16.2. The highest BCUT2D eigenvalue weighted by Crippen LogP contribution is 2.30. The van der Waals surface area contributed by atoms with Crippen LogP contribution in [0.3, 0.4) is 0 Å². The van der Waals surface area contributed by atoms with Crippen LogP contribution in [0.25, 0.3) is 0 Å². The van der Waals surface area contributed by atoms with Crippen molar-refractivity contribution in [2.75, 3.05) is 20.3 Å². The van der Waals surface area contributed by atoms with E-state index in [0.717, 1.165) is 11.4 Å². The lowest BCUT2D eigenvalue weighted by atomic mass is 10.2. The highest BCUT2D eigenvalue weighted by Gasteiger charge is 2.22. The zero-order valence-electron chi connectivity index (χ0n) is 13.0. The number of carbonyl (C=O) groups is 1. The maximum absolute atomic E-state index is 12.3. The van der Waals surface area contributed by atoms with Gasteiger partial charge in [0.2, 0.25) is 0 Å². The summed E-state index contributed by atoms with van der Waals surface area (Å²) in [6.45, 7) is 2.56. The van der Waals surface area contributed by atoms with Crippen LogP contribution in [0.5, 0.6) is 17.2 Å². The van der Waals surface area contributed by atoms with Crippen LogP contribution in [0.4, 0.5) is 0 Å². The van der Waals surface area contributed by atoms with E-state index in [2.05, 4.69) is 10.3 Å². The normalized spacial score (nSPS) is 15.8. The third-order valence-corrected chi connectivity index (χ3v) is 3.53. The summed E-state index contributed by atoms with van der Waals surface area (Å²) in [5, 5.41) is 2.85. The van der Waals surface area contributed by atoms with Crippen LogP contribution in [-0.4, -0.2) is 37.3 Å². The fourth-order valence-corrected chi connectivity index (χ4v) is 2.35. The van der Waals surface area contributed by atoms with Gasteiger partial charge >= 0.3 is 0 Å². The summed E-state index contributed by atoms with van der Waals surface area (Å²) >= 11 is 0. The fourth-order valence-electron chi connectivity index (χ4n) is 2.35. The van der Waals surface area contributed by atoms with Crippen molar-refractivity contribution >= 4 is 5.91 Å². The number of ether oxygens (including phenoxy) is 3. The summed E-state index contributed by atoms with van der Waals surface area (Å²) in [5.41, 5.74) is 1.21. The van der Waals surface area contributed by atoms with Gasteiger partial charge in [0.05, 0.1) is 25.4 Å². The molecule has 1 N–H and O–H groups in total. The van der Waals surface area contributed by atoms with Crippen LogP contribution < -0.4 is 19.5 Å². The number of hydrogen-bond acceptors (Lipinski definition) is 5. The lowest BCUT2D eigenvalue weighted by Gasteiger charge is -2.26. The van der Waals surface area contributed by atoms with Gasteiger partial charge in [-0.2, -0.15) is 0 Å². The smallest absolute Gasteiger partial charge is 0.255 e. The van der Waals surface area contributed by atoms with Gasteiger partial charge in [0.25, 0.3) is 5.91 Å². The molecular weight excluding hydrogens is 296 g/mol. The molecule has 0 aliphatic carbocycles. The molecule has 0 radical (unpaired) electrons. The minimum atomic E-state index is -0.234. The number of pyridine rings is 1. The topological polar surface area (TPSA) is 69.7 Å². The number of hydrogen-bond donors (Lipinski definition) is 1. The van der Waals surface area contributed by atoms with E-state index in [1.165, 1.54) is 7.11 Å². The molecule has 0 bridgehead atoms. The first kappa shape index (κ1) is 15.1. The summed E-state index contributed by atoms with van der Waals surface area (Å²) in [5.74, 6) is 1.63. The van der Waals surface area contributed by atoms with Gasteiger partial charge in [0.1, 0.15) is 18.5 Å². The molecule has 0 spiro atoms. The van der Waals surface area contributed by atoms with E-state index in [1.807, 2.05) is 31.2 Å². The third kappa shape index (κ3) is 3.36. The molecule has 1 atom stereocenters. The lowest BCUT2D eigenvalue weighted by Crippen LogP contribution is -2.40. The van der Waals surface area contributed by atoms with Gasteiger partial charge in [-0.3, -0.25) is 9.78 Å². The highest BCUT2D eigenvalue weighted by molar-refractivity contribution is 5.96. The molecule has 1 amide bonds. The first-order chi connectivity index (χ1) is 11.2. The molecule has 3 rings (SSSR count). The van der Waals surface area contributed by atoms with Gasteiger partial charge in [-0.25, -0.2) is 0 Å². The van der Waals surface area contributed by atoms with E-state index in [0.29, 0.717) is 30.2 Å². The molecule has 2 aromatic rings. The number of amides is 1. The van der Waals surface area contributed by atoms with Crippen LogP contribution in [0, 0.1) is 6.92 Å². The average molecular weight is 314 g/mol. The highest BCUT2D eigenvalue weighted by atomic mass is 16.6. The van der Waals surface area contributed by atoms with E-state index < -0.39 is 0 Å². The van der Waals surface area contributed by atoms with Crippen LogP contribution in [0.2, 0.25) is 0 Å². The Morgan fingerprint density at radius 2 is 2.17 bits per heavy atom. The molecule has 120 valence electrons. The zero-order valence-corrected chi connectivity index (χ0v) is 13.0. The minimum absolute atomic E-state index is 0.227. The maximum Gasteiger partial charge on any atom is 0.255 e. The Bertz CT molecular complexity index is 717. The average Bonchev–Trinajstić information content (AvgIpc) is 2.59. The number of benzene rings is 1. The Labute approximate surface area is 134 Å². The van der Waals surface area contributed by atoms with Crippen molar-refractivity contribution in [2.45, 2.75) is 13.0 Å². The number of aromatic nitrogens is 1. The first-order valence-corrected chi connectivity index (χ1v) is 7.34. The summed E-state index contributed by atoms with van der Waals surface area (Å²) in [4.78, 5) is 16.5. The SMILES string of the molecule is COc1cnc(C)cc1C(=O)NCC1COc2ccccc2O1. The molecule has 6 nitrogen and oxygen atoms in total. The van der Waals surface area contributed by atoms with Crippen molar-refractivity contribution in [1.29, 1.82) is 0 Å². The molecule has 2 heterocycles. The second-order valence-corrected chi connectivity index (χ2v) is 5.23. The van der Waals surface area contributed by atoms with Crippen molar-refractivity contribution < 1.29 is 19.0 Å². The van der Waals surface area contributed by atoms with Gasteiger partial charge in [-0.1, -0.05) is 12.1 Å². The van der Waals surface area contributed by atoms with Gasteiger partial charge in [0, 0.05) is 5.69 Å². The second kappa shape index (κ2) is 6.56. The number of rotatable bonds is 4. The Hall–Kier alpha value is -2.76. The Morgan fingerprint density at radius 3 is 2.96 bits per heavy atom. The van der Waals surface area contributed by atoms with E-state index in [-0.39, 0.29) is 12.0 Å². The van der Waals surface area contributed by atoms with Crippen LogP contribution in [-0.2, 0) is 0 Å². The second-order valence-electron chi connectivity index (χ2n) is 5.23. The molecule has 1 aliphatic heterocycles. The monoisotopic (exact) mass is 314 g/mol. The van der Waals surface area contributed by atoms with Crippen LogP contribution in [0.1, 0.15) is 16.1 Å². The lowest BCUT2D eigenvalue weighted by molar-refractivity contribution is 0.0787. The predicted molar refractivity (Wildman–Crippen MR) is 84.2 cm³/mol. The Balaban J connectivity index is 1.63. The Morgan fingerprint density at radius 1 is 1.39 bits per heavy atom. The fraction of sp³-hybridized carbons (Fsp3) is 0.294. The van der Waals surface area contributed by atoms with Crippen LogP contribution >= 0.6 is 0 Å². The van der Waals surface area contributed by atoms with Gasteiger partial charge in [0.15, 0.2) is 11.5 Å². The number of methoxy groups -OCH3 is 1. The molecule has 0 fully saturated rings. The molecule has 1 aliphatic rings. The number of fused-ring (bicyclic) bond motifs is 1. The van der Waals surface area contributed by atoms with Gasteiger partial charge in [-0.05, 0) is 25.1 Å². The standard InChI is InChI=1S/C17H18N2O4/c1-11-7-13(16(21-2)9-18-11)17(20)19-8-12-10-22-14-5-3-4-6-15(14)23-12/h3-7,9,12H,8,10H2,1-2H3,(H,19,20). The summed E-state index contributed by atoms with van der Waals surface area (Å²) in [6, 6.07) is 9.17. The van der Waals surface area contributed by atoms with E-state index >= 15 is 0 Å². The molecule has 1 aromatic carbocycles. The largest absolute Gasteiger partial charge is 0.494 e. The maximum atomic E-state index is 12.3. The van der Waals surface area contributed by atoms with Gasteiger partial charge in [-0.15, -0.1) is 0 Å². The number of para-hydroxylation sites is 2. The minimum Gasteiger partial charge on any atom is -0.494 e. The summed E-state index contributed by atoms with van der Waals surface area (Å²) < 4.78 is 16.6.